The molecular weight excluding hydrogens is 332 g/mol. The summed E-state index contributed by atoms with van der Waals surface area (Å²) in [6.45, 7) is 7.65. The molecule has 0 aliphatic heterocycles. The highest BCUT2D eigenvalue weighted by molar-refractivity contribution is 7.11. The molecule has 0 saturated heterocycles. The first-order chi connectivity index (χ1) is 11.5. The van der Waals surface area contributed by atoms with Gasteiger partial charge in [-0.15, -0.1) is 17.9 Å². The minimum Gasteiger partial charge on any atom is -0.445 e. The normalized spacial score (nSPS) is 11.4. The molecule has 1 aromatic rings. The lowest BCUT2D eigenvalue weighted by molar-refractivity contribution is 0.0943. The summed E-state index contributed by atoms with van der Waals surface area (Å²) in [5.41, 5.74) is 6.57. The predicted octanol–water partition coefficient (Wildman–Crippen LogP) is 0.676. The molecule has 0 aliphatic rings. The zero-order valence-electron chi connectivity index (χ0n) is 13.3. The average Bonchev–Trinajstić information content (AvgIpc) is 3.07. The Bertz CT molecular complexity index is 576. The Morgan fingerprint density at radius 2 is 2.25 bits per heavy atom. The molecule has 0 bridgehead atoms. The number of thiazole rings is 1. The van der Waals surface area contributed by atoms with Gasteiger partial charge in [0.15, 0.2) is 5.01 Å². The second-order valence-electron chi connectivity index (χ2n) is 4.72. The largest absolute Gasteiger partial charge is 0.445 e. The van der Waals surface area contributed by atoms with E-state index in [-0.39, 0.29) is 43.8 Å². The highest BCUT2D eigenvalue weighted by Crippen LogP contribution is 2.16. The number of hydrogen-bond donors (Lipinski definition) is 3. The van der Waals surface area contributed by atoms with Crippen LogP contribution in [0.25, 0.3) is 0 Å². The van der Waals surface area contributed by atoms with Crippen molar-refractivity contribution in [3.8, 4) is 0 Å². The summed E-state index contributed by atoms with van der Waals surface area (Å²) in [5.74, 6) is -0.374. The number of carbonyl (C=O) groups is 2. The van der Waals surface area contributed by atoms with Gasteiger partial charge in [-0.05, 0) is 0 Å². The highest BCUT2D eigenvalue weighted by atomic mass is 32.1. The molecule has 1 unspecified atom stereocenters. The van der Waals surface area contributed by atoms with Crippen LogP contribution in [0.2, 0.25) is 0 Å². The fourth-order valence-corrected chi connectivity index (χ4v) is 2.53. The maximum atomic E-state index is 11.9. The van der Waals surface area contributed by atoms with Crippen molar-refractivity contribution in [1.29, 1.82) is 0 Å². The first kappa shape index (κ1) is 19.8. The molecule has 1 rings (SSSR count). The van der Waals surface area contributed by atoms with Crippen molar-refractivity contribution in [2.24, 2.45) is 5.73 Å². The van der Waals surface area contributed by atoms with E-state index >= 15 is 0 Å². The Kier molecular flexibility index (Phi) is 8.69. The van der Waals surface area contributed by atoms with Crippen LogP contribution in [0.5, 0.6) is 0 Å². The van der Waals surface area contributed by atoms with Crippen LogP contribution < -0.4 is 11.1 Å². The summed E-state index contributed by atoms with van der Waals surface area (Å²) in [5, 5.41) is 13.1. The van der Waals surface area contributed by atoms with E-state index in [0.717, 1.165) is 11.3 Å². The van der Waals surface area contributed by atoms with Gasteiger partial charge in [0.2, 0.25) is 0 Å². The van der Waals surface area contributed by atoms with Gasteiger partial charge in [0.05, 0.1) is 18.3 Å². The number of hydrogen-bond acceptors (Lipinski definition) is 7. The van der Waals surface area contributed by atoms with E-state index in [1.165, 1.54) is 11.0 Å². The maximum absolute atomic E-state index is 11.9. The predicted molar refractivity (Wildman–Crippen MR) is 91.8 cm³/mol. The van der Waals surface area contributed by atoms with Gasteiger partial charge in [0, 0.05) is 25.0 Å². The standard InChI is InChI=1S/C15H22N4O4S/c1-3-6-19(15(22)23-8-4-2)9-11(16)12-10-24-14(18-12)13(21)17-5-7-20/h3-4,10-11,20H,1-2,5-9,16H2,(H,17,21). The molecule has 0 aromatic carbocycles. The maximum Gasteiger partial charge on any atom is 0.410 e. The lowest BCUT2D eigenvalue weighted by Crippen LogP contribution is -2.38. The zero-order chi connectivity index (χ0) is 17.9. The third kappa shape index (κ3) is 6.11. The summed E-state index contributed by atoms with van der Waals surface area (Å²) in [4.78, 5) is 29.3. The average molecular weight is 354 g/mol. The van der Waals surface area contributed by atoms with Crippen LogP contribution in [0.3, 0.4) is 0 Å². The Morgan fingerprint density at radius 3 is 2.88 bits per heavy atom. The van der Waals surface area contributed by atoms with E-state index in [2.05, 4.69) is 23.5 Å². The van der Waals surface area contributed by atoms with Gasteiger partial charge in [-0.25, -0.2) is 9.78 Å². The van der Waals surface area contributed by atoms with Crippen molar-refractivity contribution in [3.63, 3.8) is 0 Å². The third-order valence-corrected chi connectivity index (χ3v) is 3.70. The molecule has 1 heterocycles. The van der Waals surface area contributed by atoms with Gasteiger partial charge in [0.1, 0.15) is 6.61 Å². The monoisotopic (exact) mass is 354 g/mol. The van der Waals surface area contributed by atoms with E-state index in [0.29, 0.717) is 5.69 Å². The SMILES string of the molecule is C=CCOC(=O)N(CC=C)CC(N)c1csc(C(=O)NCCO)n1. The van der Waals surface area contributed by atoms with Gasteiger partial charge in [0.25, 0.3) is 5.91 Å². The third-order valence-electron chi connectivity index (χ3n) is 2.84. The quantitative estimate of drug-likeness (QED) is 0.532. The van der Waals surface area contributed by atoms with Gasteiger partial charge in [-0.1, -0.05) is 18.7 Å². The van der Waals surface area contributed by atoms with Gasteiger partial charge in [-0.3, -0.25) is 4.79 Å². The van der Waals surface area contributed by atoms with Crippen LogP contribution in [0.4, 0.5) is 4.79 Å². The number of aliphatic hydroxyl groups is 1. The molecule has 4 N–H and O–H groups in total. The number of rotatable bonds is 10. The first-order valence-corrected chi connectivity index (χ1v) is 8.15. The summed E-state index contributed by atoms with van der Waals surface area (Å²) >= 11 is 1.15. The Balaban J connectivity index is 2.70. The van der Waals surface area contributed by atoms with Crippen LogP contribution in [-0.4, -0.2) is 59.8 Å². The summed E-state index contributed by atoms with van der Waals surface area (Å²) < 4.78 is 4.99. The summed E-state index contributed by atoms with van der Waals surface area (Å²) in [6.07, 6.45) is 2.51. The van der Waals surface area contributed by atoms with Crippen LogP contribution >= 0.6 is 11.3 Å². The van der Waals surface area contributed by atoms with Gasteiger partial charge in [-0.2, -0.15) is 0 Å². The molecule has 0 saturated carbocycles. The number of amides is 2. The smallest absolute Gasteiger partial charge is 0.410 e. The minimum atomic E-state index is -0.572. The number of aromatic nitrogens is 1. The Hall–Kier alpha value is -2.23. The molecule has 0 spiro atoms. The van der Waals surface area contributed by atoms with E-state index in [9.17, 15) is 9.59 Å². The number of carbonyl (C=O) groups excluding carboxylic acids is 2. The van der Waals surface area contributed by atoms with Crippen molar-refractivity contribution < 1.29 is 19.4 Å². The minimum absolute atomic E-state index is 0.105. The number of ether oxygens (including phenoxy) is 1. The fraction of sp³-hybridized carbons (Fsp3) is 0.400. The Morgan fingerprint density at radius 1 is 1.50 bits per heavy atom. The first-order valence-electron chi connectivity index (χ1n) is 7.27. The van der Waals surface area contributed by atoms with Crippen LogP contribution in [-0.2, 0) is 4.74 Å². The molecule has 0 aliphatic carbocycles. The number of nitrogens with zero attached hydrogens (tertiary/aromatic N) is 2. The molecular formula is C15H22N4O4S. The van der Waals surface area contributed by atoms with Crippen molar-refractivity contribution >= 4 is 23.3 Å². The molecule has 2 amide bonds. The molecule has 8 nitrogen and oxygen atoms in total. The molecule has 9 heteroatoms. The highest BCUT2D eigenvalue weighted by Gasteiger charge is 2.21. The van der Waals surface area contributed by atoms with Gasteiger partial charge < -0.3 is 25.8 Å². The molecule has 0 fully saturated rings. The number of nitrogens with two attached hydrogens (primary N) is 1. The number of aliphatic hydroxyl groups excluding tert-OH is 1. The molecule has 0 radical (unpaired) electrons. The van der Waals surface area contributed by atoms with Crippen LogP contribution in [0.15, 0.2) is 30.7 Å². The van der Waals surface area contributed by atoms with Crippen molar-refractivity contribution in [2.45, 2.75) is 6.04 Å². The summed E-state index contributed by atoms with van der Waals surface area (Å²) in [6, 6.07) is -0.572. The van der Waals surface area contributed by atoms with E-state index in [1.807, 2.05) is 0 Å². The molecule has 1 aromatic heterocycles. The van der Waals surface area contributed by atoms with Crippen molar-refractivity contribution in [2.75, 3.05) is 32.8 Å². The van der Waals surface area contributed by atoms with E-state index in [1.54, 1.807) is 11.5 Å². The number of nitrogens with one attached hydrogen (secondary N) is 1. The summed E-state index contributed by atoms with van der Waals surface area (Å²) in [7, 11) is 0. The van der Waals surface area contributed by atoms with Crippen LogP contribution in [0, 0.1) is 0 Å². The Labute approximate surface area is 144 Å². The van der Waals surface area contributed by atoms with Crippen molar-refractivity contribution in [1.82, 2.24) is 15.2 Å². The van der Waals surface area contributed by atoms with Crippen molar-refractivity contribution in [3.05, 3.63) is 41.4 Å². The second-order valence-corrected chi connectivity index (χ2v) is 5.58. The lowest BCUT2D eigenvalue weighted by atomic mass is 10.2. The molecule has 1 atom stereocenters. The zero-order valence-corrected chi connectivity index (χ0v) is 14.1. The second kappa shape index (κ2) is 10.5. The fourth-order valence-electron chi connectivity index (χ4n) is 1.74. The molecule has 132 valence electrons. The van der Waals surface area contributed by atoms with E-state index < -0.39 is 12.1 Å². The molecule has 24 heavy (non-hydrogen) atoms. The van der Waals surface area contributed by atoms with Crippen LogP contribution in [0.1, 0.15) is 21.5 Å². The topological polar surface area (TPSA) is 118 Å². The van der Waals surface area contributed by atoms with E-state index in [4.69, 9.17) is 15.6 Å². The van der Waals surface area contributed by atoms with Gasteiger partial charge >= 0.3 is 6.09 Å². The lowest BCUT2D eigenvalue weighted by Gasteiger charge is -2.23.